The molecule has 28 heavy (non-hydrogen) atoms. The summed E-state index contributed by atoms with van der Waals surface area (Å²) in [5.41, 5.74) is -0.172. The number of piperidine rings is 1. The Hall–Kier alpha value is -2.20. The Morgan fingerprint density at radius 3 is 2.64 bits per heavy atom. The van der Waals surface area contributed by atoms with E-state index in [9.17, 15) is 13.2 Å². The predicted octanol–water partition coefficient (Wildman–Crippen LogP) is 0.975. The molecule has 1 saturated heterocycles. The molecule has 1 aliphatic heterocycles. The summed E-state index contributed by atoms with van der Waals surface area (Å²) in [6.07, 6.45) is 4.43. The Balaban J connectivity index is 1.76. The first-order valence-corrected chi connectivity index (χ1v) is 11.0. The monoisotopic (exact) mass is 408 g/mol. The lowest BCUT2D eigenvalue weighted by molar-refractivity contribution is 0.446. The van der Waals surface area contributed by atoms with Crippen LogP contribution in [-0.4, -0.2) is 46.9 Å². The topological polar surface area (TPSA) is 102 Å². The second kappa shape index (κ2) is 8.04. The first-order valence-electron chi connectivity index (χ1n) is 9.53. The molecule has 154 valence electrons. The van der Waals surface area contributed by atoms with Gasteiger partial charge in [0.15, 0.2) is 5.03 Å². The van der Waals surface area contributed by atoms with E-state index in [0.29, 0.717) is 5.82 Å². The average molecular weight is 409 g/mol. The standard InChI is InChI=1S/C18H28N6O3S/c1-13(2)18-20-16(12-22(18)3)28(26,27)19-11-14-7-5-6-10-24(14)15-8-9-17(25)23(4)21-15/h8-9,12-14,19H,5-7,10-11H2,1-4H3. The molecule has 3 rings (SSSR count). The van der Waals surface area contributed by atoms with Gasteiger partial charge in [0, 0.05) is 51.4 Å². The number of sulfonamides is 1. The molecule has 9 nitrogen and oxygen atoms in total. The molecule has 0 amide bonds. The van der Waals surface area contributed by atoms with Crippen LogP contribution in [-0.2, 0) is 24.1 Å². The van der Waals surface area contributed by atoms with Crippen molar-refractivity contribution in [3.63, 3.8) is 0 Å². The lowest BCUT2D eigenvalue weighted by Crippen LogP contribution is -2.47. The number of hydrogen-bond donors (Lipinski definition) is 1. The Labute approximate surface area is 165 Å². The van der Waals surface area contributed by atoms with Gasteiger partial charge in [0.25, 0.3) is 15.6 Å². The molecule has 1 atom stereocenters. The molecule has 0 saturated carbocycles. The van der Waals surface area contributed by atoms with Gasteiger partial charge in [-0.25, -0.2) is 22.8 Å². The molecule has 0 bridgehead atoms. The van der Waals surface area contributed by atoms with Crippen molar-refractivity contribution < 1.29 is 8.42 Å². The number of aryl methyl sites for hydroxylation is 2. The minimum absolute atomic E-state index is 0.0261. The summed E-state index contributed by atoms with van der Waals surface area (Å²) in [6.45, 7) is 5.00. The van der Waals surface area contributed by atoms with E-state index in [0.717, 1.165) is 31.6 Å². The fourth-order valence-corrected chi connectivity index (χ4v) is 4.63. The number of rotatable bonds is 6. The summed E-state index contributed by atoms with van der Waals surface area (Å²) in [6, 6.07) is 3.16. The highest BCUT2D eigenvalue weighted by atomic mass is 32.2. The average Bonchev–Trinajstić information content (AvgIpc) is 3.06. The summed E-state index contributed by atoms with van der Waals surface area (Å²) in [5.74, 6) is 1.55. The molecule has 2 aromatic rings. The number of anilines is 1. The van der Waals surface area contributed by atoms with Gasteiger partial charge in [-0.3, -0.25) is 4.79 Å². The van der Waals surface area contributed by atoms with E-state index in [-0.39, 0.29) is 29.1 Å². The zero-order valence-corrected chi connectivity index (χ0v) is 17.6. The molecule has 0 aromatic carbocycles. The van der Waals surface area contributed by atoms with Crippen LogP contribution in [0.4, 0.5) is 5.82 Å². The zero-order chi connectivity index (χ0) is 20.5. The largest absolute Gasteiger partial charge is 0.351 e. The third kappa shape index (κ3) is 4.27. The van der Waals surface area contributed by atoms with Crippen LogP contribution in [0, 0.1) is 0 Å². The second-order valence-corrected chi connectivity index (χ2v) is 9.27. The fraction of sp³-hybridized carbons (Fsp3) is 0.611. The van der Waals surface area contributed by atoms with E-state index >= 15 is 0 Å². The van der Waals surface area contributed by atoms with Crippen molar-refractivity contribution in [3.05, 3.63) is 34.5 Å². The molecule has 1 fully saturated rings. The van der Waals surface area contributed by atoms with E-state index in [1.807, 2.05) is 13.8 Å². The van der Waals surface area contributed by atoms with Crippen molar-refractivity contribution >= 4 is 15.8 Å². The maximum absolute atomic E-state index is 12.7. The second-order valence-electron chi connectivity index (χ2n) is 7.55. The number of nitrogens with zero attached hydrogens (tertiary/aromatic N) is 5. The van der Waals surface area contributed by atoms with Crippen molar-refractivity contribution in [3.8, 4) is 0 Å². The summed E-state index contributed by atoms with van der Waals surface area (Å²) in [7, 11) is -0.286. The molecular formula is C18H28N6O3S. The molecule has 1 N–H and O–H groups in total. The van der Waals surface area contributed by atoms with E-state index in [4.69, 9.17) is 0 Å². The highest BCUT2D eigenvalue weighted by molar-refractivity contribution is 7.89. The highest BCUT2D eigenvalue weighted by Crippen LogP contribution is 2.22. The minimum Gasteiger partial charge on any atom is -0.351 e. The maximum atomic E-state index is 12.7. The Bertz CT molecular complexity index is 995. The fourth-order valence-electron chi connectivity index (χ4n) is 3.56. The summed E-state index contributed by atoms with van der Waals surface area (Å²) < 4.78 is 31.2. The van der Waals surface area contributed by atoms with Crippen LogP contribution in [0.5, 0.6) is 0 Å². The Kier molecular flexibility index (Phi) is 5.90. The summed E-state index contributed by atoms with van der Waals surface area (Å²) >= 11 is 0. The van der Waals surface area contributed by atoms with Gasteiger partial charge in [0.2, 0.25) is 0 Å². The normalized spacial score (nSPS) is 18.0. The van der Waals surface area contributed by atoms with Gasteiger partial charge >= 0.3 is 0 Å². The quantitative estimate of drug-likeness (QED) is 0.764. The zero-order valence-electron chi connectivity index (χ0n) is 16.8. The van der Waals surface area contributed by atoms with Crippen LogP contribution in [0.25, 0.3) is 0 Å². The van der Waals surface area contributed by atoms with E-state index in [2.05, 4.69) is 19.7 Å². The van der Waals surface area contributed by atoms with Gasteiger partial charge in [-0.05, 0) is 25.3 Å². The molecule has 1 aliphatic rings. The number of nitrogens with one attached hydrogen (secondary N) is 1. The van der Waals surface area contributed by atoms with E-state index in [1.54, 1.807) is 30.9 Å². The summed E-state index contributed by atoms with van der Waals surface area (Å²) in [5, 5.41) is 4.36. The van der Waals surface area contributed by atoms with Crippen molar-refractivity contribution in [2.45, 2.75) is 50.1 Å². The van der Waals surface area contributed by atoms with Crippen LogP contribution in [0.3, 0.4) is 0 Å². The highest BCUT2D eigenvalue weighted by Gasteiger charge is 2.27. The minimum atomic E-state index is -3.70. The van der Waals surface area contributed by atoms with Gasteiger partial charge in [-0.15, -0.1) is 0 Å². The van der Waals surface area contributed by atoms with Crippen LogP contribution < -0.4 is 15.2 Å². The van der Waals surface area contributed by atoms with Crippen LogP contribution in [0.1, 0.15) is 44.9 Å². The predicted molar refractivity (Wildman–Crippen MR) is 107 cm³/mol. The molecule has 2 aromatic heterocycles. The number of imidazole rings is 1. The third-order valence-corrected chi connectivity index (χ3v) is 6.35. The van der Waals surface area contributed by atoms with Gasteiger partial charge in [0.05, 0.1) is 0 Å². The van der Waals surface area contributed by atoms with Gasteiger partial charge < -0.3 is 9.47 Å². The Morgan fingerprint density at radius 1 is 1.25 bits per heavy atom. The molecule has 1 unspecified atom stereocenters. The smallest absolute Gasteiger partial charge is 0.266 e. The van der Waals surface area contributed by atoms with Crippen molar-refractivity contribution in [2.75, 3.05) is 18.0 Å². The lowest BCUT2D eigenvalue weighted by Gasteiger charge is -2.36. The molecular weight excluding hydrogens is 380 g/mol. The third-order valence-electron chi connectivity index (χ3n) is 5.06. The van der Waals surface area contributed by atoms with Crippen LogP contribution >= 0.6 is 0 Å². The van der Waals surface area contributed by atoms with E-state index < -0.39 is 10.0 Å². The van der Waals surface area contributed by atoms with Crippen LogP contribution in [0.2, 0.25) is 0 Å². The van der Waals surface area contributed by atoms with E-state index in [1.165, 1.54) is 10.7 Å². The molecule has 0 radical (unpaired) electrons. The van der Waals surface area contributed by atoms with Crippen molar-refractivity contribution in [2.24, 2.45) is 14.1 Å². The lowest BCUT2D eigenvalue weighted by atomic mass is 10.0. The van der Waals surface area contributed by atoms with Crippen molar-refractivity contribution in [1.82, 2.24) is 24.1 Å². The molecule has 0 aliphatic carbocycles. The maximum Gasteiger partial charge on any atom is 0.266 e. The molecule has 10 heteroatoms. The first-order chi connectivity index (χ1) is 13.2. The SMILES string of the molecule is CC(C)c1nc(S(=O)(=O)NCC2CCCCN2c2ccc(=O)n(C)n2)cn1C. The van der Waals surface area contributed by atoms with Gasteiger partial charge in [-0.2, -0.15) is 5.10 Å². The van der Waals surface area contributed by atoms with Crippen molar-refractivity contribution in [1.29, 1.82) is 0 Å². The first kappa shape index (κ1) is 20.5. The Morgan fingerprint density at radius 2 is 2.00 bits per heavy atom. The molecule has 0 spiro atoms. The number of aromatic nitrogens is 4. The van der Waals surface area contributed by atoms with Crippen LogP contribution in [0.15, 0.2) is 28.2 Å². The van der Waals surface area contributed by atoms with Gasteiger partial charge in [0.1, 0.15) is 11.6 Å². The molecule has 3 heterocycles. The summed E-state index contributed by atoms with van der Waals surface area (Å²) in [4.78, 5) is 18.0. The van der Waals surface area contributed by atoms with Gasteiger partial charge in [-0.1, -0.05) is 13.8 Å². The number of hydrogen-bond acceptors (Lipinski definition) is 6.